The van der Waals surface area contributed by atoms with Gasteiger partial charge in [0.2, 0.25) is 0 Å². The van der Waals surface area contributed by atoms with Crippen molar-refractivity contribution in [2.24, 2.45) is 0 Å². The molecule has 1 atom stereocenters. The molecule has 0 aromatic heterocycles. The Morgan fingerprint density at radius 2 is 1.39 bits per heavy atom. The fraction of sp³-hybridized carbons (Fsp3) is 0.286. The highest BCUT2D eigenvalue weighted by Gasteiger charge is 2.49. The lowest BCUT2D eigenvalue weighted by Gasteiger charge is -2.41. The lowest BCUT2D eigenvalue weighted by Crippen LogP contribution is -2.36. The quantitative estimate of drug-likeness (QED) is 0.202. The lowest BCUT2D eigenvalue weighted by molar-refractivity contribution is 0.163. The Balaban J connectivity index is 1.43. The second-order valence-corrected chi connectivity index (χ2v) is 14.2. The van der Waals surface area contributed by atoms with E-state index in [1.54, 1.807) is 25.3 Å². The summed E-state index contributed by atoms with van der Waals surface area (Å²) in [5, 5.41) is 1.66. The second kappa shape index (κ2) is 10.3. The fourth-order valence-corrected chi connectivity index (χ4v) is 8.36. The first-order valence-corrected chi connectivity index (χ1v) is 16.4. The van der Waals surface area contributed by atoms with Crippen LogP contribution >= 0.6 is 0 Å². The van der Waals surface area contributed by atoms with Crippen molar-refractivity contribution < 1.29 is 18.3 Å². The number of methoxy groups -OCH3 is 1. The molecule has 1 saturated carbocycles. The molecule has 1 spiro atoms. The minimum absolute atomic E-state index is 0.00124. The van der Waals surface area contributed by atoms with Gasteiger partial charge in [0.25, 0.3) is 0 Å². The molecular weight excluding hydrogens is 574 g/mol. The van der Waals surface area contributed by atoms with Crippen LogP contribution in [0.5, 0.6) is 11.5 Å². The molecule has 2 nitrogen and oxygen atoms in total. The molecular formula is C42H38F2O2. The third-order valence-electron chi connectivity index (χ3n) is 10.7. The van der Waals surface area contributed by atoms with Gasteiger partial charge in [-0.3, -0.25) is 0 Å². The van der Waals surface area contributed by atoms with E-state index in [9.17, 15) is 4.39 Å². The van der Waals surface area contributed by atoms with Crippen LogP contribution in [0.25, 0.3) is 28.0 Å². The third-order valence-corrected chi connectivity index (χ3v) is 10.7. The first-order chi connectivity index (χ1) is 22.1. The van der Waals surface area contributed by atoms with E-state index < -0.39 is 5.60 Å². The van der Waals surface area contributed by atoms with E-state index in [1.807, 2.05) is 36.4 Å². The van der Waals surface area contributed by atoms with Gasteiger partial charge in [0.05, 0.1) is 7.11 Å². The van der Waals surface area contributed by atoms with Crippen LogP contribution in [-0.4, -0.2) is 7.11 Å². The predicted molar refractivity (Wildman–Crippen MR) is 182 cm³/mol. The molecule has 4 heteroatoms. The van der Waals surface area contributed by atoms with Gasteiger partial charge in [-0.1, -0.05) is 94.6 Å². The largest absolute Gasteiger partial charge is 0.497 e. The van der Waals surface area contributed by atoms with Crippen LogP contribution in [0.15, 0.2) is 91.0 Å². The Hall–Kier alpha value is -4.44. The van der Waals surface area contributed by atoms with Crippen molar-refractivity contribution in [1.82, 2.24) is 0 Å². The van der Waals surface area contributed by atoms with Crippen molar-refractivity contribution in [3.8, 4) is 22.6 Å². The standard InChI is InChI=1S/C42H38F2O2/c1-40(2,3)26-8-10-27(11-9-26)42(28-12-16-31(45-4)17-13-28)23-20-34-38-37(32-18-14-29(43)24-35(32)39(34)46-42)33-19-15-30(44)25-36(33)41(38)21-6-5-7-22-41/h8-20,23-25H,5-7,21-22H2,1-4H3. The predicted octanol–water partition coefficient (Wildman–Crippen LogP) is 11.0. The van der Waals surface area contributed by atoms with E-state index in [0.717, 1.165) is 75.6 Å². The van der Waals surface area contributed by atoms with Gasteiger partial charge in [0.15, 0.2) is 5.60 Å². The summed E-state index contributed by atoms with van der Waals surface area (Å²) in [6.45, 7) is 6.63. The molecule has 3 aliphatic rings. The van der Waals surface area contributed by atoms with Crippen molar-refractivity contribution in [3.05, 3.63) is 136 Å². The Bertz CT molecular complexity index is 2030. The summed E-state index contributed by atoms with van der Waals surface area (Å²) < 4.78 is 43.0. The first kappa shape index (κ1) is 29.0. The van der Waals surface area contributed by atoms with Gasteiger partial charge in [-0.2, -0.15) is 0 Å². The molecule has 5 aromatic carbocycles. The number of fused-ring (bicyclic) bond motifs is 10. The van der Waals surface area contributed by atoms with Gasteiger partial charge in [0.1, 0.15) is 23.1 Å². The maximum Gasteiger partial charge on any atom is 0.178 e. The van der Waals surface area contributed by atoms with E-state index in [4.69, 9.17) is 9.47 Å². The Morgan fingerprint density at radius 3 is 2.07 bits per heavy atom. The minimum Gasteiger partial charge on any atom is -0.497 e. The molecule has 2 aliphatic carbocycles. The molecule has 0 bridgehead atoms. The van der Waals surface area contributed by atoms with Crippen LogP contribution in [0.3, 0.4) is 0 Å². The highest BCUT2D eigenvalue weighted by atomic mass is 19.1. The normalized spacial score (nSPS) is 19.4. The zero-order valence-corrected chi connectivity index (χ0v) is 26.8. The van der Waals surface area contributed by atoms with E-state index in [1.165, 1.54) is 23.6 Å². The maximum atomic E-state index is 15.2. The van der Waals surface area contributed by atoms with Crippen molar-refractivity contribution in [2.45, 2.75) is 69.3 Å². The van der Waals surface area contributed by atoms with E-state index >= 15 is 4.39 Å². The summed E-state index contributed by atoms with van der Waals surface area (Å²) in [6, 6.07) is 26.9. The molecule has 1 unspecified atom stereocenters. The Kier molecular flexibility index (Phi) is 6.48. The minimum atomic E-state index is -0.972. The zero-order chi connectivity index (χ0) is 31.8. The van der Waals surface area contributed by atoms with Crippen LogP contribution < -0.4 is 9.47 Å². The van der Waals surface area contributed by atoms with Crippen molar-refractivity contribution >= 4 is 16.8 Å². The average Bonchev–Trinajstić information content (AvgIpc) is 3.33. The summed E-state index contributed by atoms with van der Waals surface area (Å²) in [7, 11) is 1.66. The molecule has 1 fully saturated rings. The number of rotatable bonds is 3. The summed E-state index contributed by atoms with van der Waals surface area (Å²) in [6.07, 6.45) is 9.57. The van der Waals surface area contributed by atoms with Crippen LogP contribution in [0.4, 0.5) is 8.78 Å². The van der Waals surface area contributed by atoms with Gasteiger partial charge in [-0.25, -0.2) is 8.78 Å². The van der Waals surface area contributed by atoms with E-state index in [0.29, 0.717) is 5.75 Å². The molecule has 0 amide bonds. The third kappa shape index (κ3) is 4.18. The maximum absolute atomic E-state index is 15.2. The fourth-order valence-electron chi connectivity index (χ4n) is 8.36. The SMILES string of the molecule is COc1ccc(C2(c3ccc(C(C)(C)C)cc3)C=Cc3c4c(c5ccc(F)cc5c3O2)-c2ccc(F)cc2C42CCCCC2)cc1. The lowest BCUT2D eigenvalue weighted by atomic mass is 9.66. The Labute approximate surface area is 269 Å². The van der Waals surface area contributed by atoms with E-state index in [-0.39, 0.29) is 22.5 Å². The van der Waals surface area contributed by atoms with E-state index in [2.05, 4.69) is 57.2 Å². The monoisotopic (exact) mass is 612 g/mol. The average molecular weight is 613 g/mol. The van der Waals surface area contributed by atoms with Crippen molar-refractivity contribution in [3.63, 3.8) is 0 Å². The molecule has 5 aromatic rings. The first-order valence-electron chi connectivity index (χ1n) is 16.4. The molecule has 1 aliphatic heterocycles. The van der Waals surface area contributed by atoms with Crippen molar-refractivity contribution in [1.29, 1.82) is 0 Å². The smallest absolute Gasteiger partial charge is 0.178 e. The van der Waals surface area contributed by atoms with Gasteiger partial charge in [-0.15, -0.1) is 0 Å². The second-order valence-electron chi connectivity index (χ2n) is 14.2. The van der Waals surface area contributed by atoms with Gasteiger partial charge >= 0.3 is 0 Å². The highest BCUT2D eigenvalue weighted by molar-refractivity contribution is 6.08. The summed E-state index contributed by atoms with van der Waals surface area (Å²) in [5.74, 6) is 0.897. The van der Waals surface area contributed by atoms with Crippen LogP contribution in [0.2, 0.25) is 0 Å². The molecule has 46 heavy (non-hydrogen) atoms. The van der Waals surface area contributed by atoms with Gasteiger partial charge in [0, 0.05) is 27.5 Å². The number of benzene rings is 5. The number of hydrogen-bond acceptors (Lipinski definition) is 2. The van der Waals surface area contributed by atoms with Crippen LogP contribution in [0, 0.1) is 11.6 Å². The van der Waals surface area contributed by atoms with Gasteiger partial charge in [-0.05, 0) is 93.9 Å². The molecule has 0 radical (unpaired) electrons. The summed E-state index contributed by atoms with van der Waals surface area (Å²) >= 11 is 0. The van der Waals surface area contributed by atoms with Crippen LogP contribution in [-0.2, 0) is 16.4 Å². The van der Waals surface area contributed by atoms with Crippen molar-refractivity contribution in [2.75, 3.05) is 7.11 Å². The number of halogens is 2. The zero-order valence-electron chi connectivity index (χ0n) is 26.8. The molecule has 232 valence electrons. The molecule has 0 N–H and O–H groups in total. The van der Waals surface area contributed by atoms with Crippen LogP contribution in [0.1, 0.15) is 86.3 Å². The summed E-state index contributed by atoms with van der Waals surface area (Å²) in [4.78, 5) is 0. The number of ether oxygens (including phenoxy) is 2. The van der Waals surface area contributed by atoms with Gasteiger partial charge < -0.3 is 9.47 Å². The molecule has 1 heterocycles. The highest BCUT2D eigenvalue weighted by Crippen LogP contribution is 2.62. The Morgan fingerprint density at radius 1 is 0.739 bits per heavy atom. The summed E-state index contributed by atoms with van der Waals surface area (Å²) in [5.41, 5.74) is 7.24. The number of hydrogen-bond donors (Lipinski definition) is 0. The molecule has 8 rings (SSSR count). The molecule has 0 saturated heterocycles. The topological polar surface area (TPSA) is 18.5 Å².